The number of hydrogen-bond acceptors (Lipinski definition) is 5. The van der Waals surface area contributed by atoms with Crippen LogP contribution >= 0.6 is 23.2 Å². The summed E-state index contributed by atoms with van der Waals surface area (Å²) in [5.41, 5.74) is 4.18. The Bertz CT molecular complexity index is 1580. The van der Waals surface area contributed by atoms with Gasteiger partial charge in [0.1, 0.15) is 11.4 Å². The van der Waals surface area contributed by atoms with Crippen molar-refractivity contribution in [3.63, 3.8) is 0 Å². The fourth-order valence-electron chi connectivity index (χ4n) is 4.59. The summed E-state index contributed by atoms with van der Waals surface area (Å²) in [5, 5.41) is 13.6. The number of para-hydroxylation sites is 2. The van der Waals surface area contributed by atoms with E-state index in [1.54, 1.807) is 24.7 Å². The maximum Gasteiger partial charge on any atom is 0.255 e. The SMILES string of the molecule is O=C(N[C@H]1CCOc2ccccc21)c1cnc2c(-c3cc(Cl)cc(Cl)c3)cccc2c1-n1nccn1. The van der Waals surface area contributed by atoms with Crippen molar-refractivity contribution in [3.05, 3.63) is 100 Å². The molecule has 9 heteroatoms. The van der Waals surface area contributed by atoms with Gasteiger partial charge < -0.3 is 10.1 Å². The summed E-state index contributed by atoms with van der Waals surface area (Å²) >= 11 is 12.5. The highest BCUT2D eigenvalue weighted by Gasteiger charge is 2.26. The number of amides is 1. The average Bonchev–Trinajstić information content (AvgIpc) is 3.42. The van der Waals surface area contributed by atoms with Gasteiger partial charge in [0.05, 0.1) is 36.1 Å². The van der Waals surface area contributed by atoms with Gasteiger partial charge in [-0.3, -0.25) is 9.78 Å². The molecule has 1 amide bonds. The Morgan fingerprint density at radius 2 is 1.78 bits per heavy atom. The molecule has 178 valence electrons. The van der Waals surface area contributed by atoms with E-state index in [2.05, 4.69) is 15.5 Å². The molecule has 0 aliphatic carbocycles. The first-order chi connectivity index (χ1) is 17.6. The topological polar surface area (TPSA) is 81.9 Å². The van der Waals surface area contributed by atoms with E-state index < -0.39 is 0 Å². The lowest BCUT2D eigenvalue weighted by molar-refractivity contribution is 0.0924. The van der Waals surface area contributed by atoms with Crippen LogP contribution in [0.25, 0.3) is 27.7 Å². The Morgan fingerprint density at radius 1 is 1.00 bits per heavy atom. The van der Waals surface area contributed by atoms with Gasteiger partial charge in [0.15, 0.2) is 0 Å². The molecule has 0 saturated heterocycles. The van der Waals surface area contributed by atoms with Crippen LogP contribution in [0.3, 0.4) is 0 Å². The van der Waals surface area contributed by atoms with Crippen molar-refractivity contribution >= 4 is 40.0 Å². The highest BCUT2D eigenvalue weighted by Crippen LogP contribution is 2.35. The van der Waals surface area contributed by atoms with E-state index in [4.69, 9.17) is 32.9 Å². The molecule has 5 aromatic rings. The number of hydrogen-bond donors (Lipinski definition) is 1. The number of benzene rings is 3. The number of aromatic nitrogens is 4. The van der Waals surface area contributed by atoms with Gasteiger partial charge in [-0.2, -0.15) is 15.0 Å². The molecule has 1 aliphatic heterocycles. The van der Waals surface area contributed by atoms with Gasteiger partial charge in [0.25, 0.3) is 5.91 Å². The summed E-state index contributed by atoms with van der Waals surface area (Å²) in [7, 11) is 0. The van der Waals surface area contributed by atoms with Gasteiger partial charge >= 0.3 is 0 Å². The third-order valence-electron chi connectivity index (χ3n) is 6.17. The molecule has 36 heavy (non-hydrogen) atoms. The molecule has 2 aromatic heterocycles. The molecule has 7 nitrogen and oxygen atoms in total. The average molecular weight is 516 g/mol. The maximum absolute atomic E-state index is 13.6. The van der Waals surface area contributed by atoms with Crippen LogP contribution in [-0.4, -0.2) is 32.5 Å². The number of nitrogens with zero attached hydrogens (tertiary/aromatic N) is 4. The highest BCUT2D eigenvalue weighted by atomic mass is 35.5. The number of carbonyl (C=O) groups excluding carboxylic acids is 1. The Balaban J connectivity index is 1.48. The van der Waals surface area contributed by atoms with E-state index in [9.17, 15) is 4.79 Å². The second-order valence-corrected chi connectivity index (χ2v) is 9.27. The van der Waals surface area contributed by atoms with Crippen molar-refractivity contribution in [2.45, 2.75) is 12.5 Å². The van der Waals surface area contributed by atoms with Crippen molar-refractivity contribution in [2.24, 2.45) is 0 Å². The van der Waals surface area contributed by atoms with Gasteiger partial charge in [-0.1, -0.05) is 59.6 Å². The number of rotatable bonds is 4. The molecule has 0 spiro atoms. The minimum Gasteiger partial charge on any atom is -0.493 e. The van der Waals surface area contributed by atoms with E-state index in [0.29, 0.717) is 39.8 Å². The summed E-state index contributed by atoms with van der Waals surface area (Å²) in [5.74, 6) is 0.513. The maximum atomic E-state index is 13.6. The lowest BCUT2D eigenvalue weighted by atomic mass is 9.98. The van der Waals surface area contributed by atoms with Crippen LogP contribution in [0.1, 0.15) is 28.4 Å². The molecule has 1 N–H and O–H groups in total. The van der Waals surface area contributed by atoms with Crippen molar-refractivity contribution in [2.75, 3.05) is 6.61 Å². The second-order valence-electron chi connectivity index (χ2n) is 8.40. The second kappa shape index (κ2) is 9.26. The molecule has 0 unspecified atom stereocenters. The molecular formula is C27H19Cl2N5O2. The lowest BCUT2D eigenvalue weighted by Crippen LogP contribution is -2.33. The molecule has 3 heterocycles. The molecular weight excluding hydrogens is 497 g/mol. The predicted octanol–water partition coefficient (Wildman–Crippen LogP) is 6.04. The zero-order valence-electron chi connectivity index (χ0n) is 18.9. The number of halogens is 2. The first-order valence-electron chi connectivity index (χ1n) is 11.4. The third kappa shape index (κ3) is 4.06. The number of nitrogens with one attached hydrogen (secondary N) is 1. The summed E-state index contributed by atoms with van der Waals surface area (Å²) in [4.78, 5) is 19.8. The quantitative estimate of drug-likeness (QED) is 0.315. The zero-order chi connectivity index (χ0) is 24.6. The molecule has 0 bridgehead atoms. The van der Waals surface area contributed by atoms with E-state index in [1.165, 1.54) is 4.80 Å². The third-order valence-corrected chi connectivity index (χ3v) is 6.61. The van der Waals surface area contributed by atoms with Crippen LogP contribution in [0, 0.1) is 0 Å². The summed E-state index contributed by atoms with van der Waals surface area (Å²) in [6, 6.07) is 18.6. The first kappa shape index (κ1) is 22.5. The Hall–Kier alpha value is -3.94. The number of pyridine rings is 1. The normalized spacial score (nSPS) is 14.8. The van der Waals surface area contributed by atoms with Crippen LogP contribution in [0.5, 0.6) is 5.75 Å². The largest absolute Gasteiger partial charge is 0.493 e. The fourth-order valence-corrected chi connectivity index (χ4v) is 5.12. The number of ether oxygens (including phenoxy) is 1. The van der Waals surface area contributed by atoms with Gasteiger partial charge in [-0.05, 0) is 29.8 Å². The predicted molar refractivity (Wildman–Crippen MR) is 139 cm³/mol. The molecule has 1 aliphatic rings. The highest BCUT2D eigenvalue weighted by molar-refractivity contribution is 6.35. The van der Waals surface area contributed by atoms with E-state index in [0.717, 1.165) is 27.8 Å². The van der Waals surface area contributed by atoms with Gasteiger partial charge in [0.2, 0.25) is 0 Å². The van der Waals surface area contributed by atoms with Crippen molar-refractivity contribution in [1.29, 1.82) is 0 Å². The summed E-state index contributed by atoms with van der Waals surface area (Å²) in [6.45, 7) is 0.525. The zero-order valence-corrected chi connectivity index (χ0v) is 20.4. The summed E-state index contributed by atoms with van der Waals surface area (Å²) in [6.07, 6.45) is 5.38. The monoisotopic (exact) mass is 515 g/mol. The minimum absolute atomic E-state index is 0.184. The van der Waals surface area contributed by atoms with Crippen LogP contribution in [-0.2, 0) is 0 Å². The van der Waals surface area contributed by atoms with E-state index in [-0.39, 0.29) is 11.9 Å². The number of fused-ring (bicyclic) bond motifs is 2. The summed E-state index contributed by atoms with van der Waals surface area (Å²) < 4.78 is 5.75. The first-order valence-corrected chi connectivity index (χ1v) is 12.1. The van der Waals surface area contributed by atoms with Gasteiger partial charge in [0, 0.05) is 39.2 Å². The molecule has 0 fully saturated rings. The van der Waals surface area contributed by atoms with Crippen molar-refractivity contribution in [1.82, 2.24) is 25.3 Å². The van der Waals surface area contributed by atoms with Crippen LogP contribution in [0.2, 0.25) is 10.0 Å². The Kier molecular flexibility index (Phi) is 5.79. The number of carbonyl (C=O) groups is 1. The van der Waals surface area contributed by atoms with Crippen LogP contribution < -0.4 is 10.1 Å². The molecule has 0 radical (unpaired) electrons. The van der Waals surface area contributed by atoms with E-state index in [1.807, 2.05) is 54.6 Å². The van der Waals surface area contributed by atoms with Crippen molar-refractivity contribution < 1.29 is 9.53 Å². The van der Waals surface area contributed by atoms with E-state index >= 15 is 0 Å². The molecule has 3 aromatic carbocycles. The van der Waals surface area contributed by atoms with Crippen LogP contribution in [0.15, 0.2) is 79.3 Å². The minimum atomic E-state index is -0.269. The standard InChI is InChI=1S/C27H19Cl2N5O2/c28-17-12-16(13-18(29)14-17)19-5-3-6-21-25(19)30-15-22(26(21)34-31-9-10-32-34)27(35)33-23-8-11-36-24-7-2-1-4-20(23)24/h1-7,9-10,12-15,23H,8,11H2,(H,33,35)/t23-/m0/s1. The Morgan fingerprint density at radius 3 is 2.58 bits per heavy atom. The lowest BCUT2D eigenvalue weighted by Gasteiger charge is -2.27. The van der Waals surface area contributed by atoms with Crippen molar-refractivity contribution in [3.8, 4) is 22.6 Å². The molecule has 0 saturated carbocycles. The molecule has 6 rings (SSSR count). The Labute approximate surface area is 216 Å². The van der Waals surface area contributed by atoms with Gasteiger partial charge in [-0.25, -0.2) is 0 Å². The fraction of sp³-hybridized carbons (Fsp3) is 0.111. The van der Waals surface area contributed by atoms with Gasteiger partial charge in [-0.15, -0.1) is 0 Å². The van der Waals surface area contributed by atoms with Crippen LogP contribution in [0.4, 0.5) is 0 Å². The smallest absolute Gasteiger partial charge is 0.255 e. The molecule has 1 atom stereocenters.